The van der Waals surface area contributed by atoms with Gasteiger partial charge in [-0.05, 0) is 58.5 Å². The summed E-state index contributed by atoms with van der Waals surface area (Å²) in [6, 6.07) is 17.6. The normalized spacial score (nSPS) is 13.7. The molecule has 1 aliphatic rings. The molecule has 3 aromatic carbocycles. The number of benzene rings is 3. The van der Waals surface area contributed by atoms with Crippen molar-refractivity contribution in [3.63, 3.8) is 0 Å². The van der Waals surface area contributed by atoms with E-state index in [0.717, 1.165) is 22.1 Å². The molecule has 0 bridgehead atoms. The van der Waals surface area contributed by atoms with E-state index in [0.29, 0.717) is 35.3 Å². The highest BCUT2D eigenvalue weighted by molar-refractivity contribution is 5.91. The second kappa shape index (κ2) is 7.18. The average Bonchev–Trinajstić information content (AvgIpc) is 2.97. The Hall–Kier alpha value is -3.44. The van der Waals surface area contributed by atoms with Gasteiger partial charge >= 0.3 is 0 Å². The zero-order valence-electron chi connectivity index (χ0n) is 15.5. The minimum Gasteiger partial charge on any atom is -0.309 e. The Labute approximate surface area is 166 Å². The van der Waals surface area contributed by atoms with Gasteiger partial charge in [0.1, 0.15) is 11.6 Å². The molecule has 0 amide bonds. The molecule has 1 aromatic heterocycles. The third-order valence-electron chi connectivity index (χ3n) is 5.21. The maximum Gasteiger partial charge on any atom is 0.132 e. The lowest BCUT2D eigenvalue weighted by Gasteiger charge is -2.15. The summed E-state index contributed by atoms with van der Waals surface area (Å²) in [7, 11) is 0. The van der Waals surface area contributed by atoms with Gasteiger partial charge in [-0.2, -0.15) is 10.2 Å². The minimum atomic E-state index is -0.308. The first-order valence-corrected chi connectivity index (χ1v) is 9.41. The number of fused-ring (bicyclic) bond motifs is 2. The van der Waals surface area contributed by atoms with E-state index < -0.39 is 0 Å². The SMILES string of the molecule is Fc1cc(-c2cccnn2)cc2c1C(c1ccc3c(F)cccc3c1)=CCNC2. The molecular formula is C24H17F2N3. The first-order chi connectivity index (χ1) is 14.2. The molecule has 0 unspecified atom stereocenters. The van der Waals surface area contributed by atoms with Gasteiger partial charge in [0.15, 0.2) is 0 Å². The molecular weight excluding hydrogens is 368 g/mol. The average molecular weight is 385 g/mol. The van der Waals surface area contributed by atoms with Crippen LogP contribution in [0, 0.1) is 11.6 Å². The molecule has 0 saturated heterocycles. The summed E-state index contributed by atoms with van der Waals surface area (Å²) in [5.74, 6) is -0.566. The lowest BCUT2D eigenvalue weighted by Crippen LogP contribution is -2.12. The van der Waals surface area contributed by atoms with Gasteiger partial charge in [0.25, 0.3) is 0 Å². The summed E-state index contributed by atoms with van der Waals surface area (Å²) < 4.78 is 29.4. The van der Waals surface area contributed by atoms with Crippen LogP contribution >= 0.6 is 0 Å². The van der Waals surface area contributed by atoms with Gasteiger partial charge in [-0.3, -0.25) is 0 Å². The molecule has 0 atom stereocenters. The molecule has 4 aromatic rings. The predicted octanol–water partition coefficient (Wildman–Crippen LogP) is 5.11. The molecule has 29 heavy (non-hydrogen) atoms. The van der Waals surface area contributed by atoms with Crippen LogP contribution in [0.25, 0.3) is 27.6 Å². The number of hydrogen-bond acceptors (Lipinski definition) is 3. The highest BCUT2D eigenvalue weighted by Gasteiger charge is 2.20. The second-order valence-electron chi connectivity index (χ2n) is 7.03. The molecule has 1 N–H and O–H groups in total. The van der Waals surface area contributed by atoms with Crippen molar-refractivity contribution >= 4 is 16.3 Å². The molecule has 0 spiro atoms. The van der Waals surface area contributed by atoms with Crippen LogP contribution in [0.1, 0.15) is 16.7 Å². The minimum absolute atomic E-state index is 0.259. The maximum absolute atomic E-state index is 15.3. The molecule has 2 heterocycles. The molecule has 1 aliphatic heterocycles. The number of halogens is 2. The van der Waals surface area contributed by atoms with Gasteiger partial charge in [-0.25, -0.2) is 8.78 Å². The van der Waals surface area contributed by atoms with Crippen LogP contribution in [0.2, 0.25) is 0 Å². The highest BCUT2D eigenvalue weighted by atomic mass is 19.1. The van der Waals surface area contributed by atoms with Gasteiger partial charge in [0, 0.05) is 35.8 Å². The Kier molecular flexibility index (Phi) is 4.37. The van der Waals surface area contributed by atoms with Crippen molar-refractivity contribution in [1.82, 2.24) is 15.5 Å². The fraction of sp³-hybridized carbons (Fsp3) is 0.0833. The Morgan fingerprint density at radius 1 is 0.862 bits per heavy atom. The van der Waals surface area contributed by atoms with Crippen LogP contribution in [0.15, 0.2) is 72.9 Å². The predicted molar refractivity (Wildman–Crippen MR) is 110 cm³/mol. The van der Waals surface area contributed by atoms with E-state index in [1.165, 1.54) is 12.1 Å². The molecule has 0 aliphatic carbocycles. The van der Waals surface area contributed by atoms with Gasteiger partial charge in [-0.1, -0.05) is 30.3 Å². The smallest absolute Gasteiger partial charge is 0.132 e. The molecule has 142 valence electrons. The number of nitrogens with one attached hydrogen (secondary N) is 1. The van der Waals surface area contributed by atoms with E-state index in [1.807, 2.05) is 36.4 Å². The molecule has 0 saturated carbocycles. The Balaban J connectivity index is 1.66. The molecule has 5 rings (SSSR count). The van der Waals surface area contributed by atoms with Gasteiger partial charge in [-0.15, -0.1) is 0 Å². The summed E-state index contributed by atoms with van der Waals surface area (Å²) in [6.07, 6.45) is 3.58. The fourth-order valence-corrected chi connectivity index (χ4v) is 3.87. The Bertz CT molecular complexity index is 1250. The summed E-state index contributed by atoms with van der Waals surface area (Å²) in [5, 5.41) is 12.6. The van der Waals surface area contributed by atoms with E-state index >= 15 is 4.39 Å². The summed E-state index contributed by atoms with van der Waals surface area (Å²) in [6.45, 7) is 1.16. The van der Waals surface area contributed by atoms with E-state index in [4.69, 9.17) is 0 Å². The first kappa shape index (κ1) is 17.6. The number of nitrogens with zero attached hydrogens (tertiary/aromatic N) is 2. The Morgan fingerprint density at radius 3 is 2.66 bits per heavy atom. The van der Waals surface area contributed by atoms with Crippen molar-refractivity contribution in [2.75, 3.05) is 6.54 Å². The van der Waals surface area contributed by atoms with E-state index in [1.54, 1.807) is 24.4 Å². The monoisotopic (exact) mass is 385 g/mol. The van der Waals surface area contributed by atoms with Gasteiger partial charge < -0.3 is 5.32 Å². The van der Waals surface area contributed by atoms with Crippen molar-refractivity contribution < 1.29 is 8.78 Å². The van der Waals surface area contributed by atoms with E-state index in [2.05, 4.69) is 15.5 Å². The highest BCUT2D eigenvalue weighted by Crippen LogP contribution is 2.34. The van der Waals surface area contributed by atoms with Crippen LogP contribution in [0.3, 0.4) is 0 Å². The van der Waals surface area contributed by atoms with Crippen molar-refractivity contribution in [3.8, 4) is 11.3 Å². The third-order valence-corrected chi connectivity index (χ3v) is 5.21. The lowest BCUT2D eigenvalue weighted by molar-refractivity contribution is 0.620. The number of aromatic nitrogens is 2. The standard InChI is InChI=1S/C24H17F2N3/c25-21-4-1-3-15-11-16(6-7-19(15)21)20-8-10-27-14-18-12-17(13-22(26)24(18)20)23-5-2-9-28-29-23/h1-9,11-13,27H,10,14H2. The van der Waals surface area contributed by atoms with Crippen molar-refractivity contribution in [3.05, 3.63) is 101 Å². The van der Waals surface area contributed by atoms with Crippen LogP contribution in [0.4, 0.5) is 8.78 Å². The zero-order valence-corrected chi connectivity index (χ0v) is 15.5. The molecule has 0 radical (unpaired) electrons. The molecule has 3 nitrogen and oxygen atoms in total. The van der Waals surface area contributed by atoms with E-state index in [-0.39, 0.29) is 11.6 Å². The van der Waals surface area contributed by atoms with Crippen LogP contribution in [-0.4, -0.2) is 16.7 Å². The van der Waals surface area contributed by atoms with Crippen molar-refractivity contribution in [1.29, 1.82) is 0 Å². The topological polar surface area (TPSA) is 37.8 Å². The summed E-state index contributed by atoms with van der Waals surface area (Å²) in [4.78, 5) is 0. The quantitative estimate of drug-likeness (QED) is 0.521. The largest absolute Gasteiger partial charge is 0.309 e. The third kappa shape index (κ3) is 3.19. The number of rotatable bonds is 2. The van der Waals surface area contributed by atoms with E-state index in [9.17, 15) is 4.39 Å². The summed E-state index contributed by atoms with van der Waals surface area (Å²) in [5.41, 5.74) is 4.41. The number of hydrogen-bond donors (Lipinski definition) is 1. The second-order valence-corrected chi connectivity index (χ2v) is 7.03. The van der Waals surface area contributed by atoms with Crippen LogP contribution < -0.4 is 5.32 Å². The fourth-order valence-electron chi connectivity index (χ4n) is 3.87. The van der Waals surface area contributed by atoms with Crippen LogP contribution in [-0.2, 0) is 6.54 Å². The van der Waals surface area contributed by atoms with Crippen molar-refractivity contribution in [2.24, 2.45) is 0 Å². The Morgan fingerprint density at radius 2 is 1.79 bits per heavy atom. The first-order valence-electron chi connectivity index (χ1n) is 9.41. The van der Waals surface area contributed by atoms with Gasteiger partial charge in [0.05, 0.1) is 5.69 Å². The molecule has 0 fully saturated rings. The zero-order chi connectivity index (χ0) is 19.8. The van der Waals surface area contributed by atoms with Crippen LogP contribution in [0.5, 0.6) is 0 Å². The molecule has 5 heteroatoms. The lowest BCUT2D eigenvalue weighted by atomic mass is 9.90. The maximum atomic E-state index is 15.3. The van der Waals surface area contributed by atoms with Gasteiger partial charge in [0.2, 0.25) is 0 Å². The summed E-state index contributed by atoms with van der Waals surface area (Å²) >= 11 is 0. The van der Waals surface area contributed by atoms with Crippen molar-refractivity contribution in [2.45, 2.75) is 6.54 Å².